The molecule has 8 heteroatoms. The molecule has 0 aliphatic rings. The van der Waals surface area contributed by atoms with Gasteiger partial charge in [0.25, 0.3) is 5.69 Å². The Hall–Kier alpha value is -2.35. The summed E-state index contributed by atoms with van der Waals surface area (Å²) in [5.74, 6) is 3.01. The van der Waals surface area contributed by atoms with E-state index in [0.29, 0.717) is 18.3 Å². The number of nitrogens with zero attached hydrogens (tertiary/aromatic N) is 3. The van der Waals surface area contributed by atoms with E-state index >= 15 is 0 Å². The highest BCUT2D eigenvalue weighted by Gasteiger charge is 2.05. The minimum absolute atomic E-state index is 0.0457. The molecular formula is C15H18N4O3S. The SMILES string of the molecule is O=[N+]([O-])c1cccc(OCCSCCCNc2ncccn2)c1. The Bertz CT molecular complexity index is 613. The number of anilines is 1. The van der Waals surface area contributed by atoms with Crippen LogP contribution in [-0.2, 0) is 0 Å². The molecule has 0 unspecified atom stereocenters. The lowest BCUT2D eigenvalue weighted by atomic mass is 10.3. The zero-order chi connectivity index (χ0) is 16.3. The van der Waals surface area contributed by atoms with Gasteiger partial charge in [-0.1, -0.05) is 6.07 Å². The minimum Gasteiger partial charge on any atom is -0.492 e. The van der Waals surface area contributed by atoms with Gasteiger partial charge in [0.2, 0.25) is 5.95 Å². The predicted octanol–water partition coefficient (Wildman–Crippen LogP) is 3.00. The second-order valence-corrected chi connectivity index (χ2v) is 5.79. The highest BCUT2D eigenvalue weighted by atomic mass is 32.2. The summed E-state index contributed by atoms with van der Waals surface area (Å²) in [6.45, 7) is 1.35. The second kappa shape index (κ2) is 9.62. The third-order valence-corrected chi connectivity index (χ3v) is 3.87. The number of benzene rings is 1. The Morgan fingerprint density at radius 3 is 2.83 bits per heavy atom. The second-order valence-electron chi connectivity index (χ2n) is 4.57. The lowest BCUT2D eigenvalue weighted by Crippen LogP contribution is -2.06. The Balaban J connectivity index is 1.52. The van der Waals surface area contributed by atoms with E-state index in [4.69, 9.17) is 4.74 Å². The summed E-state index contributed by atoms with van der Waals surface area (Å²) in [5, 5.41) is 13.8. The summed E-state index contributed by atoms with van der Waals surface area (Å²) >= 11 is 1.78. The molecule has 0 aliphatic heterocycles. The Morgan fingerprint density at radius 1 is 1.22 bits per heavy atom. The van der Waals surface area contributed by atoms with Crippen molar-refractivity contribution in [2.75, 3.05) is 30.0 Å². The average molecular weight is 334 g/mol. The van der Waals surface area contributed by atoms with E-state index in [9.17, 15) is 10.1 Å². The molecule has 0 spiro atoms. The van der Waals surface area contributed by atoms with Crippen LogP contribution < -0.4 is 10.1 Å². The molecular weight excluding hydrogens is 316 g/mol. The number of hydrogen-bond donors (Lipinski definition) is 1. The quantitative estimate of drug-likeness (QED) is 0.406. The molecule has 1 heterocycles. The van der Waals surface area contributed by atoms with Crippen LogP contribution in [0.1, 0.15) is 6.42 Å². The third-order valence-electron chi connectivity index (χ3n) is 2.84. The van der Waals surface area contributed by atoms with Gasteiger partial charge >= 0.3 is 0 Å². The van der Waals surface area contributed by atoms with Crippen LogP contribution in [0.4, 0.5) is 11.6 Å². The summed E-state index contributed by atoms with van der Waals surface area (Å²) in [7, 11) is 0. The van der Waals surface area contributed by atoms with Crippen molar-refractivity contribution < 1.29 is 9.66 Å². The molecule has 0 saturated carbocycles. The van der Waals surface area contributed by atoms with Crippen LogP contribution in [0.2, 0.25) is 0 Å². The van der Waals surface area contributed by atoms with Gasteiger partial charge in [0.05, 0.1) is 17.6 Å². The third kappa shape index (κ3) is 6.52. The van der Waals surface area contributed by atoms with Crippen LogP contribution in [0, 0.1) is 10.1 Å². The fraction of sp³-hybridized carbons (Fsp3) is 0.333. The van der Waals surface area contributed by atoms with Crippen LogP contribution in [0.3, 0.4) is 0 Å². The molecule has 0 atom stereocenters. The number of nitrogens with one attached hydrogen (secondary N) is 1. The molecule has 0 amide bonds. The molecule has 23 heavy (non-hydrogen) atoms. The van der Waals surface area contributed by atoms with Gasteiger partial charge in [-0.05, 0) is 24.3 Å². The first kappa shape index (κ1) is 17.0. The van der Waals surface area contributed by atoms with Crippen molar-refractivity contribution in [2.45, 2.75) is 6.42 Å². The fourth-order valence-electron chi connectivity index (χ4n) is 1.77. The highest BCUT2D eigenvalue weighted by molar-refractivity contribution is 7.99. The molecule has 1 N–H and O–H groups in total. The molecule has 0 radical (unpaired) electrons. The van der Waals surface area contributed by atoms with E-state index in [-0.39, 0.29) is 5.69 Å². The first-order valence-corrected chi connectivity index (χ1v) is 8.37. The zero-order valence-corrected chi connectivity index (χ0v) is 13.4. The molecule has 1 aromatic heterocycles. The van der Waals surface area contributed by atoms with Gasteiger partial charge in [-0.15, -0.1) is 0 Å². The van der Waals surface area contributed by atoms with Gasteiger partial charge in [-0.2, -0.15) is 11.8 Å². The number of ether oxygens (including phenoxy) is 1. The molecule has 122 valence electrons. The van der Waals surface area contributed by atoms with Crippen LogP contribution >= 0.6 is 11.8 Å². The standard InChI is InChI=1S/C15H18N4O3S/c20-19(21)13-4-1-5-14(12-13)22-9-11-23-10-3-8-18-15-16-6-2-7-17-15/h1-2,4-7,12H,3,8-11H2,(H,16,17,18). The topological polar surface area (TPSA) is 90.2 Å². The largest absolute Gasteiger partial charge is 0.492 e. The molecule has 0 saturated heterocycles. The van der Waals surface area contributed by atoms with Gasteiger partial charge in [0.1, 0.15) is 5.75 Å². The summed E-state index contributed by atoms with van der Waals surface area (Å²) < 4.78 is 5.51. The van der Waals surface area contributed by atoms with E-state index in [0.717, 1.165) is 24.5 Å². The maximum absolute atomic E-state index is 10.7. The molecule has 7 nitrogen and oxygen atoms in total. The van der Waals surface area contributed by atoms with E-state index in [2.05, 4.69) is 15.3 Å². The molecule has 0 fully saturated rings. The Labute approximate surface area is 138 Å². The number of nitro benzene ring substituents is 1. The van der Waals surface area contributed by atoms with Crippen LogP contribution in [0.25, 0.3) is 0 Å². The van der Waals surface area contributed by atoms with Gasteiger partial charge < -0.3 is 10.1 Å². The van der Waals surface area contributed by atoms with Gasteiger partial charge in [-0.25, -0.2) is 9.97 Å². The number of non-ortho nitro benzene ring substituents is 1. The number of aromatic nitrogens is 2. The predicted molar refractivity (Wildman–Crippen MR) is 91.1 cm³/mol. The number of rotatable bonds is 10. The van der Waals surface area contributed by atoms with Crippen molar-refractivity contribution in [2.24, 2.45) is 0 Å². The number of hydrogen-bond acceptors (Lipinski definition) is 7. The monoisotopic (exact) mass is 334 g/mol. The van der Waals surface area contributed by atoms with E-state index in [1.165, 1.54) is 12.1 Å². The average Bonchev–Trinajstić information content (AvgIpc) is 2.58. The molecule has 2 aromatic rings. The zero-order valence-electron chi connectivity index (χ0n) is 12.6. The number of nitro groups is 1. The van der Waals surface area contributed by atoms with Crippen molar-refractivity contribution in [1.82, 2.24) is 9.97 Å². The molecule has 2 rings (SSSR count). The van der Waals surface area contributed by atoms with Crippen LogP contribution in [0.5, 0.6) is 5.75 Å². The Kier molecular flexibility index (Phi) is 7.12. The van der Waals surface area contributed by atoms with Crippen LogP contribution in [0.15, 0.2) is 42.7 Å². The Morgan fingerprint density at radius 2 is 2.04 bits per heavy atom. The maximum atomic E-state index is 10.7. The normalized spacial score (nSPS) is 10.3. The summed E-state index contributed by atoms with van der Waals surface area (Å²) in [5.41, 5.74) is 0.0457. The van der Waals surface area contributed by atoms with Crippen molar-refractivity contribution >= 4 is 23.4 Å². The maximum Gasteiger partial charge on any atom is 0.273 e. The summed E-state index contributed by atoms with van der Waals surface area (Å²) in [6, 6.07) is 8.02. The first-order valence-electron chi connectivity index (χ1n) is 7.21. The minimum atomic E-state index is -0.426. The van der Waals surface area contributed by atoms with E-state index in [1.54, 1.807) is 42.4 Å². The molecule has 0 bridgehead atoms. The summed E-state index contributed by atoms with van der Waals surface area (Å²) in [4.78, 5) is 18.4. The van der Waals surface area contributed by atoms with Crippen LogP contribution in [-0.4, -0.2) is 39.5 Å². The molecule has 1 aromatic carbocycles. The van der Waals surface area contributed by atoms with Gasteiger partial charge in [0, 0.05) is 30.8 Å². The molecule has 0 aliphatic carbocycles. The van der Waals surface area contributed by atoms with Crippen molar-refractivity contribution in [3.63, 3.8) is 0 Å². The fourth-order valence-corrected chi connectivity index (χ4v) is 2.53. The van der Waals surface area contributed by atoms with Crippen molar-refractivity contribution in [3.05, 3.63) is 52.8 Å². The lowest BCUT2D eigenvalue weighted by molar-refractivity contribution is -0.384. The first-order chi connectivity index (χ1) is 11.3. The van der Waals surface area contributed by atoms with Gasteiger partial charge in [-0.3, -0.25) is 10.1 Å². The highest BCUT2D eigenvalue weighted by Crippen LogP contribution is 2.19. The smallest absolute Gasteiger partial charge is 0.273 e. The van der Waals surface area contributed by atoms with E-state index in [1.807, 2.05) is 0 Å². The van der Waals surface area contributed by atoms with Crippen molar-refractivity contribution in [1.29, 1.82) is 0 Å². The number of thioether (sulfide) groups is 1. The van der Waals surface area contributed by atoms with Crippen molar-refractivity contribution in [3.8, 4) is 5.75 Å². The summed E-state index contributed by atoms with van der Waals surface area (Å²) in [6.07, 6.45) is 4.41. The van der Waals surface area contributed by atoms with Gasteiger partial charge in [0.15, 0.2) is 0 Å². The van der Waals surface area contributed by atoms with E-state index < -0.39 is 4.92 Å². The lowest BCUT2D eigenvalue weighted by Gasteiger charge is -2.06.